The van der Waals surface area contributed by atoms with E-state index in [1.165, 1.54) is 4.88 Å². The third-order valence-electron chi connectivity index (χ3n) is 2.17. The Labute approximate surface area is 89.0 Å². The van der Waals surface area contributed by atoms with Crippen molar-refractivity contribution in [3.05, 3.63) is 16.8 Å². The number of nitrogens with zero attached hydrogens (tertiary/aromatic N) is 5. The number of fused-ring (bicyclic) bond motifs is 1. The van der Waals surface area contributed by atoms with Gasteiger partial charge in [-0.2, -0.15) is 5.21 Å². The minimum atomic E-state index is 0.581. The maximum absolute atomic E-state index is 4.45. The van der Waals surface area contributed by atoms with Gasteiger partial charge in [-0.1, -0.05) is 0 Å². The second kappa shape index (κ2) is 2.86. The molecule has 0 atom stereocenters. The Hall–Kier alpha value is -1.76. The summed E-state index contributed by atoms with van der Waals surface area (Å²) >= 11 is 1.65. The molecular weight excluding hydrogens is 212 g/mol. The van der Waals surface area contributed by atoms with E-state index in [0.29, 0.717) is 5.82 Å². The fraction of sp³-hybridized carbons (Fsp3) is 0.250. The fourth-order valence-corrected chi connectivity index (χ4v) is 2.47. The van der Waals surface area contributed by atoms with Gasteiger partial charge in [0.25, 0.3) is 0 Å². The molecule has 0 radical (unpaired) electrons. The van der Waals surface area contributed by atoms with Crippen LogP contribution in [0.4, 0.5) is 0 Å². The van der Waals surface area contributed by atoms with E-state index in [1.54, 1.807) is 11.3 Å². The molecule has 3 aromatic rings. The van der Waals surface area contributed by atoms with Gasteiger partial charge in [0, 0.05) is 11.1 Å². The average Bonchev–Trinajstić information content (AvgIpc) is 2.80. The van der Waals surface area contributed by atoms with E-state index >= 15 is 0 Å². The minimum absolute atomic E-state index is 0.581. The van der Waals surface area contributed by atoms with Crippen LogP contribution in [-0.2, 0) is 0 Å². The lowest BCUT2D eigenvalue weighted by atomic mass is 10.3. The molecule has 15 heavy (non-hydrogen) atoms. The van der Waals surface area contributed by atoms with E-state index in [9.17, 15) is 0 Å². The summed E-state index contributed by atoms with van der Waals surface area (Å²) in [6, 6.07) is 0. The number of aryl methyl sites for hydroxylation is 2. The Balaban J connectivity index is 2.37. The molecule has 0 saturated carbocycles. The largest absolute Gasteiger partial charge is 0.287 e. The third-order valence-corrected chi connectivity index (χ3v) is 3.07. The molecule has 0 saturated heterocycles. The SMILES string of the molecule is Cc1cn2c(-c3nn[nH]n3)c(C)nc2s1. The first-order valence-electron chi connectivity index (χ1n) is 4.44. The van der Waals surface area contributed by atoms with Crippen LogP contribution in [0.1, 0.15) is 10.6 Å². The van der Waals surface area contributed by atoms with Gasteiger partial charge >= 0.3 is 0 Å². The number of rotatable bonds is 1. The smallest absolute Gasteiger partial charge is 0.223 e. The number of imidazole rings is 1. The van der Waals surface area contributed by atoms with Crippen LogP contribution in [0.25, 0.3) is 16.5 Å². The molecule has 3 rings (SSSR count). The molecule has 3 aromatic heterocycles. The Morgan fingerprint density at radius 1 is 1.40 bits per heavy atom. The summed E-state index contributed by atoms with van der Waals surface area (Å²) in [5.41, 5.74) is 1.82. The molecule has 0 amide bonds. The van der Waals surface area contributed by atoms with Crippen LogP contribution < -0.4 is 0 Å². The normalized spacial score (nSPS) is 11.3. The predicted molar refractivity (Wildman–Crippen MR) is 55.7 cm³/mol. The minimum Gasteiger partial charge on any atom is -0.287 e. The van der Waals surface area contributed by atoms with Crippen molar-refractivity contribution in [2.75, 3.05) is 0 Å². The van der Waals surface area contributed by atoms with Gasteiger partial charge in [-0.05, 0) is 19.1 Å². The summed E-state index contributed by atoms with van der Waals surface area (Å²) in [6.07, 6.45) is 2.03. The second-order valence-corrected chi connectivity index (χ2v) is 4.49. The van der Waals surface area contributed by atoms with E-state index in [1.807, 2.05) is 17.5 Å². The van der Waals surface area contributed by atoms with Gasteiger partial charge in [0.1, 0.15) is 5.69 Å². The molecule has 7 heteroatoms. The highest BCUT2D eigenvalue weighted by Crippen LogP contribution is 2.25. The van der Waals surface area contributed by atoms with Gasteiger partial charge in [-0.3, -0.25) is 4.40 Å². The summed E-state index contributed by atoms with van der Waals surface area (Å²) < 4.78 is 2.00. The molecule has 3 heterocycles. The van der Waals surface area contributed by atoms with Gasteiger partial charge in [-0.25, -0.2) is 4.98 Å². The van der Waals surface area contributed by atoms with Crippen molar-refractivity contribution < 1.29 is 0 Å². The molecule has 0 aliphatic heterocycles. The summed E-state index contributed by atoms with van der Waals surface area (Å²) in [6.45, 7) is 4.00. The Bertz CT molecular complexity index is 604. The molecule has 0 aliphatic carbocycles. The average molecular weight is 220 g/mol. The van der Waals surface area contributed by atoms with Crippen LogP contribution in [0, 0.1) is 13.8 Å². The monoisotopic (exact) mass is 220 g/mol. The number of thiazole rings is 1. The number of tetrazole rings is 1. The van der Waals surface area contributed by atoms with E-state index in [0.717, 1.165) is 16.3 Å². The van der Waals surface area contributed by atoms with Gasteiger partial charge in [0.15, 0.2) is 4.96 Å². The predicted octanol–water partition coefficient (Wildman–Crippen LogP) is 1.19. The number of aromatic amines is 1. The Morgan fingerprint density at radius 2 is 2.27 bits per heavy atom. The molecule has 0 aliphatic rings. The number of aromatic nitrogens is 6. The van der Waals surface area contributed by atoms with Crippen molar-refractivity contribution in [2.45, 2.75) is 13.8 Å². The number of nitrogens with one attached hydrogen (secondary N) is 1. The van der Waals surface area contributed by atoms with Gasteiger partial charge in [0.05, 0.1) is 5.69 Å². The molecule has 0 fully saturated rings. The van der Waals surface area contributed by atoms with Gasteiger partial charge in [-0.15, -0.1) is 21.5 Å². The maximum atomic E-state index is 4.45. The van der Waals surface area contributed by atoms with Crippen LogP contribution in [0.3, 0.4) is 0 Å². The lowest BCUT2D eigenvalue weighted by molar-refractivity contribution is 0.881. The van der Waals surface area contributed by atoms with Crippen molar-refractivity contribution in [3.63, 3.8) is 0 Å². The van der Waals surface area contributed by atoms with Crippen molar-refractivity contribution in [1.29, 1.82) is 0 Å². The van der Waals surface area contributed by atoms with E-state index in [2.05, 4.69) is 32.5 Å². The van der Waals surface area contributed by atoms with Crippen LogP contribution >= 0.6 is 11.3 Å². The number of hydrogen-bond acceptors (Lipinski definition) is 5. The fourth-order valence-electron chi connectivity index (χ4n) is 1.60. The number of H-pyrrole nitrogens is 1. The lowest BCUT2D eigenvalue weighted by Crippen LogP contribution is -1.88. The molecule has 0 spiro atoms. The van der Waals surface area contributed by atoms with E-state index in [4.69, 9.17) is 0 Å². The summed E-state index contributed by atoms with van der Waals surface area (Å²) in [5, 5.41) is 14.0. The zero-order valence-electron chi connectivity index (χ0n) is 8.22. The van der Waals surface area contributed by atoms with Crippen LogP contribution in [0.2, 0.25) is 0 Å². The van der Waals surface area contributed by atoms with E-state index in [-0.39, 0.29) is 0 Å². The topological polar surface area (TPSA) is 71.8 Å². The zero-order valence-corrected chi connectivity index (χ0v) is 9.04. The van der Waals surface area contributed by atoms with Crippen molar-refractivity contribution in [1.82, 2.24) is 30.0 Å². The van der Waals surface area contributed by atoms with E-state index < -0.39 is 0 Å². The van der Waals surface area contributed by atoms with Crippen molar-refractivity contribution in [2.24, 2.45) is 0 Å². The Morgan fingerprint density at radius 3 is 3.00 bits per heavy atom. The first-order valence-corrected chi connectivity index (χ1v) is 5.26. The van der Waals surface area contributed by atoms with Crippen LogP contribution in [0.5, 0.6) is 0 Å². The maximum Gasteiger partial charge on any atom is 0.223 e. The second-order valence-electron chi connectivity index (χ2n) is 3.28. The number of hydrogen-bond donors (Lipinski definition) is 1. The highest BCUT2D eigenvalue weighted by Gasteiger charge is 2.15. The quantitative estimate of drug-likeness (QED) is 0.668. The van der Waals surface area contributed by atoms with Crippen LogP contribution in [0.15, 0.2) is 6.20 Å². The zero-order chi connectivity index (χ0) is 10.4. The van der Waals surface area contributed by atoms with Crippen molar-refractivity contribution in [3.8, 4) is 11.5 Å². The highest BCUT2D eigenvalue weighted by atomic mass is 32.1. The lowest BCUT2D eigenvalue weighted by Gasteiger charge is -1.92. The summed E-state index contributed by atoms with van der Waals surface area (Å²) in [4.78, 5) is 6.62. The molecule has 0 aromatic carbocycles. The molecule has 76 valence electrons. The Kier molecular flexibility index (Phi) is 1.63. The molecular formula is C8H8N6S. The molecule has 6 nitrogen and oxygen atoms in total. The molecule has 1 N–H and O–H groups in total. The first kappa shape index (κ1) is 8.54. The van der Waals surface area contributed by atoms with Gasteiger partial charge < -0.3 is 0 Å². The highest BCUT2D eigenvalue weighted by molar-refractivity contribution is 7.17. The molecule has 0 bridgehead atoms. The first-order chi connectivity index (χ1) is 7.25. The standard InChI is InChI=1S/C8H8N6S/c1-4-3-14-6(7-10-12-13-11-7)5(2)9-8(14)15-4/h3H,1-2H3,(H,10,11,12,13). The molecule has 0 unspecified atom stereocenters. The van der Waals surface area contributed by atoms with Crippen molar-refractivity contribution >= 4 is 16.3 Å². The third kappa shape index (κ3) is 1.16. The van der Waals surface area contributed by atoms with Gasteiger partial charge in [0.2, 0.25) is 5.82 Å². The van der Waals surface area contributed by atoms with Crippen LogP contribution in [-0.4, -0.2) is 30.0 Å². The summed E-state index contributed by atoms with van der Waals surface area (Å²) in [5.74, 6) is 0.581. The summed E-state index contributed by atoms with van der Waals surface area (Å²) in [7, 11) is 0.